The number of aromatic nitrogens is 2. The highest BCUT2D eigenvalue weighted by Gasteiger charge is 2.29. The number of hydrogen-bond acceptors (Lipinski definition) is 9. The van der Waals surface area contributed by atoms with E-state index in [-0.39, 0.29) is 65.9 Å². The van der Waals surface area contributed by atoms with Crippen molar-refractivity contribution >= 4 is 58.7 Å². The SMILES string of the molecule is CC(C)[C@@H]1NC(=O)c2csc(n2)[C@H](Cc2ccccc2)NC(=O)CN(C(=O)[C@@H]2CCCCN2)CCCNC(=O)c2csc1n2.Cl. The van der Waals surface area contributed by atoms with Gasteiger partial charge in [0, 0.05) is 23.8 Å². The number of benzene rings is 1. The van der Waals surface area contributed by atoms with E-state index in [1.807, 2.05) is 44.2 Å². The average Bonchev–Trinajstić information content (AvgIpc) is 3.72. The Morgan fingerprint density at radius 2 is 1.64 bits per heavy atom. The third-order valence-corrected chi connectivity index (χ3v) is 9.68. The second-order valence-corrected chi connectivity index (χ2v) is 13.3. The Bertz CT molecular complexity index is 1460. The van der Waals surface area contributed by atoms with E-state index >= 15 is 0 Å². The topological polar surface area (TPSA) is 145 Å². The van der Waals surface area contributed by atoms with Crippen molar-refractivity contribution in [3.63, 3.8) is 0 Å². The number of carbonyl (C=O) groups is 4. The van der Waals surface area contributed by atoms with Crippen molar-refractivity contribution in [3.05, 3.63) is 68.1 Å². The maximum absolute atomic E-state index is 13.5. The highest BCUT2D eigenvalue weighted by molar-refractivity contribution is 7.10. The minimum atomic E-state index is -0.495. The maximum Gasteiger partial charge on any atom is 0.271 e. The van der Waals surface area contributed by atoms with E-state index in [1.165, 1.54) is 22.7 Å². The molecule has 1 aromatic carbocycles. The van der Waals surface area contributed by atoms with Gasteiger partial charge < -0.3 is 26.2 Å². The van der Waals surface area contributed by atoms with Gasteiger partial charge in [0.2, 0.25) is 11.8 Å². The molecule has 2 aromatic heterocycles. The normalized spacial score (nSPS) is 21.8. The van der Waals surface area contributed by atoms with E-state index in [1.54, 1.807) is 15.7 Å². The Hall–Kier alpha value is -3.39. The van der Waals surface area contributed by atoms with Gasteiger partial charge in [0.1, 0.15) is 21.4 Å². The van der Waals surface area contributed by atoms with Gasteiger partial charge in [-0.1, -0.05) is 50.6 Å². The molecule has 0 radical (unpaired) electrons. The first-order chi connectivity index (χ1) is 21.3. The molecule has 0 spiro atoms. The average molecular weight is 674 g/mol. The van der Waals surface area contributed by atoms with Crippen molar-refractivity contribution < 1.29 is 19.2 Å². The zero-order valence-electron chi connectivity index (χ0n) is 25.4. The molecule has 3 atom stereocenters. The van der Waals surface area contributed by atoms with Gasteiger partial charge >= 0.3 is 0 Å². The van der Waals surface area contributed by atoms with Gasteiger partial charge in [-0.15, -0.1) is 35.1 Å². The summed E-state index contributed by atoms with van der Waals surface area (Å²) < 4.78 is 0. The summed E-state index contributed by atoms with van der Waals surface area (Å²) in [5, 5.41) is 16.9. The molecule has 4 N–H and O–H groups in total. The molecular formula is C31H40ClN7O4S2. The molecule has 2 aliphatic heterocycles. The monoisotopic (exact) mass is 673 g/mol. The summed E-state index contributed by atoms with van der Waals surface area (Å²) in [6, 6.07) is 8.53. The van der Waals surface area contributed by atoms with Gasteiger partial charge in [0.25, 0.3) is 11.8 Å². The molecule has 242 valence electrons. The van der Waals surface area contributed by atoms with Crippen LogP contribution in [0.25, 0.3) is 0 Å². The highest BCUT2D eigenvalue weighted by Crippen LogP contribution is 2.27. The highest BCUT2D eigenvalue weighted by atomic mass is 35.5. The van der Waals surface area contributed by atoms with E-state index in [0.717, 1.165) is 31.4 Å². The lowest BCUT2D eigenvalue weighted by Crippen LogP contribution is -2.52. The van der Waals surface area contributed by atoms with Crippen LogP contribution in [0.15, 0.2) is 41.1 Å². The molecule has 0 unspecified atom stereocenters. The lowest BCUT2D eigenvalue weighted by molar-refractivity contribution is -0.138. The number of piperidine rings is 1. The fraction of sp³-hybridized carbons (Fsp3) is 0.484. The van der Waals surface area contributed by atoms with Crippen molar-refractivity contribution in [2.24, 2.45) is 5.92 Å². The molecule has 45 heavy (non-hydrogen) atoms. The van der Waals surface area contributed by atoms with E-state index in [9.17, 15) is 19.2 Å². The molecule has 5 rings (SSSR count). The molecular weight excluding hydrogens is 634 g/mol. The second-order valence-electron chi connectivity index (χ2n) is 11.5. The Kier molecular flexibility index (Phi) is 12.5. The summed E-state index contributed by atoms with van der Waals surface area (Å²) in [5.74, 6) is -1.09. The van der Waals surface area contributed by atoms with Crippen LogP contribution >= 0.6 is 35.1 Å². The van der Waals surface area contributed by atoms with E-state index in [2.05, 4.69) is 31.2 Å². The first-order valence-electron chi connectivity index (χ1n) is 15.1. The summed E-state index contributed by atoms with van der Waals surface area (Å²) in [4.78, 5) is 64.1. The van der Waals surface area contributed by atoms with E-state index in [4.69, 9.17) is 0 Å². The van der Waals surface area contributed by atoms with Crippen molar-refractivity contribution in [1.82, 2.24) is 36.1 Å². The molecule has 0 saturated carbocycles. The minimum absolute atomic E-state index is 0. The van der Waals surface area contributed by atoms with Gasteiger partial charge in [-0.3, -0.25) is 19.2 Å². The van der Waals surface area contributed by atoms with Crippen LogP contribution < -0.4 is 21.3 Å². The predicted octanol–water partition coefficient (Wildman–Crippen LogP) is 3.65. The third kappa shape index (κ3) is 9.09. The largest absolute Gasteiger partial charge is 0.351 e. The van der Waals surface area contributed by atoms with E-state index in [0.29, 0.717) is 35.9 Å². The predicted molar refractivity (Wildman–Crippen MR) is 177 cm³/mol. The van der Waals surface area contributed by atoms with Crippen LogP contribution in [0, 0.1) is 5.92 Å². The van der Waals surface area contributed by atoms with Crippen molar-refractivity contribution in [3.8, 4) is 0 Å². The summed E-state index contributed by atoms with van der Waals surface area (Å²) in [5.41, 5.74) is 1.53. The summed E-state index contributed by atoms with van der Waals surface area (Å²) in [6.45, 7) is 5.23. The number of thiazole rings is 2. The number of amides is 4. The van der Waals surface area contributed by atoms with Crippen LogP contribution in [-0.2, 0) is 16.0 Å². The molecule has 0 aliphatic carbocycles. The van der Waals surface area contributed by atoms with Crippen LogP contribution in [0.4, 0.5) is 0 Å². The standard InChI is InChI=1S/C31H39N7O4S2.ClH/c1-19(2)26-30-36-23(17-44-30)27(40)33-13-8-14-38(31(42)21-11-6-7-12-32-21)16-25(39)34-22(15-20-9-4-3-5-10-20)29-35-24(18-43-29)28(41)37-26;/h3-5,9-10,17-19,21-22,26,32H,6-8,11-16H2,1-2H3,(H,33,40)(H,34,39)(H,37,41);1H/t21-,22-,26-;/m0./s1. The van der Waals surface area contributed by atoms with Crippen LogP contribution in [0.1, 0.15) is 88.2 Å². The zero-order chi connectivity index (χ0) is 31.1. The van der Waals surface area contributed by atoms with Gasteiger partial charge in [-0.05, 0) is 43.7 Å². The lowest BCUT2D eigenvalue weighted by Gasteiger charge is -2.30. The summed E-state index contributed by atoms with van der Waals surface area (Å²) >= 11 is 2.64. The number of carbonyl (C=O) groups excluding carboxylic acids is 4. The first-order valence-corrected chi connectivity index (χ1v) is 16.9. The Morgan fingerprint density at radius 1 is 0.933 bits per heavy atom. The minimum Gasteiger partial charge on any atom is -0.351 e. The van der Waals surface area contributed by atoms with Crippen LogP contribution in [0.5, 0.6) is 0 Å². The van der Waals surface area contributed by atoms with Gasteiger partial charge in [0.05, 0.1) is 24.7 Å². The molecule has 4 amide bonds. The third-order valence-electron chi connectivity index (χ3n) is 7.79. The van der Waals surface area contributed by atoms with Gasteiger partial charge in [0.15, 0.2) is 0 Å². The molecule has 4 bridgehead atoms. The lowest BCUT2D eigenvalue weighted by atomic mass is 10.0. The van der Waals surface area contributed by atoms with Crippen molar-refractivity contribution in [2.75, 3.05) is 26.2 Å². The van der Waals surface area contributed by atoms with Crippen LogP contribution in [0.3, 0.4) is 0 Å². The van der Waals surface area contributed by atoms with Gasteiger partial charge in [-0.25, -0.2) is 9.97 Å². The number of halogens is 1. The van der Waals surface area contributed by atoms with Crippen LogP contribution in [0.2, 0.25) is 0 Å². The summed E-state index contributed by atoms with van der Waals surface area (Å²) in [6.07, 6.45) is 3.63. The smallest absolute Gasteiger partial charge is 0.271 e. The van der Waals surface area contributed by atoms with Crippen LogP contribution in [-0.4, -0.2) is 70.7 Å². The number of nitrogens with zero attached hydrogens (tertiary/aromatic N) is 3. The maximum atomic E-state index is 13.5. The zero-order valence-corrected chi connectivity index (χ0v) is 27.9. The molecule has 14 heteroatoms. The number of hydrogen-bond donors (Lipinski definition) is 4. The Balaban J connectivity index is 0.00000461. The molecule has 2 aliphatic rings. The number of rotatable bonds is 4. The molecule has 3 aromatic rings. The van der Waals surface area contributed by atoms with Crippen molar-refractivity contribution in [2.45, 2.75) is 64.1 Å². The molecule has 4 heterocycles. The fourth-order valence-electron chi connectivity index (χ4n) is 5.39. The first kappa shape index (κ1) is 34.5. The molecule has 1 saturated heterocycles. The molecule has 11 nitrogen and oxygen atoms in total. The quantitative estimate of drug-likeness (QED) is 0.331. The van der Waals surface area contributed by atoms with Crippen molar-refractivity contribution in [1.29, 1.82) is 0 Å². The summed E-state index contributed by atoms with van der Waals surface area (Å²) in [7, 11) is 0. The molecule has 1 fully saturated rings. The Labute approximate surface area is 277 Å². The number of fused-ring (bicyclic) bond motifs is 4. The fourth-order valence-corrected chi connectivity index (χ4v) is 7.26. The van der Waals surface area contributed by atoms with E-state index < -0.39 is 12.1 Å². The van der Waals surface area contributed by atoms with Gasteiger partial charge in [-0.2, -0.15) is 0 Å². The number of nitrogens with one attached hydrogen (secondary N) is 4. The Morgan fingerprint density at radius 3 is 2.36 bits per heavy atom. The second kappa shape index (κ2) is 16.3.